The van der Waals surface area contributed by atoms with Crippen LogP contribution in [0.25, 0.3) is 10.9 Å². The van der Waals surface area contributed by atoms with E-state index in [4.69, 9.17) is 4.74 Å². The second-order valence-electron chi connectivity index (χ2n) is 10.5. The van der Waals surface area contributed by atoms with E-state index in [0.29, 0.717) is 48.8 Å². The Bertz CT molecular complexity index is 1550. The molecule has 1 atom stereocenters. The van der Waals surface area contributed by atoms with Gasteiger partial charge in [0.15, 0.2) is 5.82 Å². The number of piperazine rings is 1. The van der Waals surface area contributed by atoms with Crippen LogP contribution < -0.4 is 15.2 Å². The van der Waals surface area contributed by atoms with E-state index in [1.165, 1.54) is 18.6 Å². The first kappa shape index (κ1) is 25.9. The first-order valence-electron chi connectivity index (χ1n) is 13.7. The molecule has 2 aromatic carbocycles. The van der Waals surface area contributed by atoms with Gasteiger partial charge in [-0.15, -0.1) is 5.10 Å². The third-order valence-electron chi connectivity index (χ3n) is 8.16. The maximum atomic E-state index is 13.6. The summed E-state index contributed by atoms with van der Waals surface area (Å²) >= 11 is 0. The lowest BCUT2D eigenvalue weighted by molar-refractivity contribution is -0.384. The number of hydrogen-bond acceptors (Lipinski definition) is 9. The Hall–Kier alpha value is -4.32. The number of hydrogen-bond donors (Lipinski definition) is 1. The number of anilines is 1. The fourth-order valence-electron chi connectivity index (χ4n) is 6.02. The number of pyridine rings is 1. The molecule has 3 heterocycles. The van der Waals surface area contributed by atoms with Gasteiger partial charge in [0.1, 0.15) is 11.8 Å². The van der Waals surface area contributed by atoms with E-state index in [2.05, 4.69) is 30.3 Å². The fourth-order valence-corrected chi connectivity index (χ4v) is 6.02. The van der Waals surface area contributed by atoms with E-state index in [-0.39, 0.29) is 22.2 Å². The number of ether oxygens (including phenoxy) is 1. The maximum Gasteiger partial charge on any atom is 0.269 e. The van der Waals surface area contributed by atoms with Crippen molar-refractivity contribution < 1.29 is 9.66 Å². The Balaban J connectivity index is 1.35. The van der Waals surface area contributed by atoms with Crippen molar-refractivity contribution in [1.29, 1.82) is 0 Å². The minimum absolute atomic E-state index is 0.0742. The SMILES string of the molecule is COc1ccc2cc([C@@H](c3nnnn3C3CCCCC3)N3CCN(c4ccc([N+](=O)[O-])cc4)CC3)c(=O)[nH]c2c1. The highest BCUT2D eigenvalue weighted by molar-refractivity contribution is 5.80. The van der Waals surface area contributed by atoms with E-state index in [1.54, 1.807) is 19.2 Å². The van der Waals surface area contributed by atoms with Crippen LogP contribution in [0.4, 0.5) is 11.4 Å². The Morgan fingerprint density at radius 3 is 2.48 bits per heavy atom. The summed E-state index contributed by atoms with van der Waals surface area (Å²) in [5, 5.41) is 25.0. The number of non-ortho nitro benzene ring substituents is 1. The highest BCUT2D eigenvalue weighted by Gasteiger charge is 2.34. The van der Waals surface area contributed by atoms with Crippen molar-refractivity contribution >= 4 is 22.3 Å². The van der Waals surface area contributed by atoms with E-state index in [9.17, 15) is 14.9 Å². The molecule has 12 nitrogen and oxygen atoms in total. The lowest BCUT2D eigenvalue weighted by atomic mass is 9.95. The Morgan fingerprint density at radius 2 is 1.77 bits per heavy atom. The normalized spacial score (nSPS) is 17.7. The zero-order valence-electron chi connectivity index (χ0n) is 22.4. The molecule has 1 saturated heterocycles. The molecule has 12 heteroatoms. The maximum absolute atomic E-state index is 13.6. The van der Waals surface area contributed by atoms with Crippen molar-refractivity contribution in [2.24, 2.45) is 0 Å². The molecule has 2 aromatic heterocycles. The third kappa shape index (κ3) is 5.02. The summed E-state index contributed by atoms with van der Waals surface area (Å²) < 4.78 is 7.29. The molecule has 6 rings (SSSR count). The van der Waals surface area contributed by atoms with Gasteiger partial charge in [-0.3, -0.25) is 19.8 Å². The highest BCUT2D eigenvalue weighted by Crippen LogP contribution is 2.34. The van der Waals surface area contributed by atoms with Crippen LogP contribution in [0.1, 0.15) is 55.6 Å². The van der Waals surface area contributed by atoms with Crippen LogP contribution in [0.5, 0.6) is 5.75 Å². The summed E-state index contributed by atoms with van der Waals surface area (Å²) in [5.74, 6) is 1.37. The van der Waals surface area contributed by atoms with Gasteiger partial charge < -0.3 is 14.6 Å². The number of nitro groups is 1. The molecular weight excluding hydrogens is 512 g/mol. The van der Waals surface area contributed by atoms with Crippen molar-refractivity contribution in [3.63, 3.8) is 0 Å². The molecule has 208 valence electrons. The Labute approximate surface area is 230 Å². The van der Waals surface area contributed by atoms with Crippen LogP contribution in [-0.2, 0) is 0 Å². The van der Waals surface area contributed by atoms with Gasteiger partial charge in [0.25, 0.3) is 11.2 Å². The van der Waals surface area contributed by atoms with Crippen molar-refractivity contribution in [3.05, 3.63) is 80.4 Å². The molecule has 2 fully saturated rings. The number of nitrogens with one attached hydrogen (secondary N) is 1. The number of tetrazole rings is 1. The predicted molar refractivity (Wildman–Crippen MR) is 150 cm³/mol. The molecule has 1 aliphatic carbocycles. The third-order valence-corrected chi connectivity index (χ3v) is 8.16. The quantitative estimate of drug-likeness (QED) is 0.272. The van der Waals surface area contributed by atoms with Crippen molar-refractivity contribution in [2.45, 2.75) is 44.2 Å². The van der Waals surface area contributed by atoms with Crippen molar-refractivity contribution in [1.82, 2.24) is 30.1 Å². The van der Waals surface area contributed by atoms with Gasteiger partial charge in [-0.05, 0) is 59.0 Å². The Morgan fingerprint density at radius 1 is 1.02 bits per heavy atom. The minimum atomic E-state index is -0.425. The van der Waals surface area contributed by atoms with Gasteiger partial charge in [-0.1, -0.05) is 19.3 Å². The average molecular weight is 545 g/mol. The van der Waals surface area contributed by atoms with Crippen molar-refractivity contribution in [3.8, 4) is 5.75 Å². The van der Waals surface area contributed by atoms with Gasteiger partial charge in [-0.2, -0.15) is 0 Å². The molecule has 0 bridgehead atoms. The molecule has 0 spiro atoms. The minimum Gasteiger partial charge on any atom is -0.497 e. The smallest absolute Gasteiger partial charge is 0.269 e. The van der Waals surface area contributed by atoms with E-state index >= 15 is 0 Å². The second kappa shape index (κ2) is 11.0. The zero-order chi connectivity index (χ0) is 27.6. The number of nitrogens with zero attached hydrogens (tertiary/aromatic N) is 7. The molecule has 4 aromatic rings. The monoisotopic (exact) mass is 544 g/mol. The predicted octanol–water partition coefficient (Wildman–Crippen LogP) is 3.85. The number of nitro benzene ring substituents is 1. The van der Waals surface area contributed by atoms with Crippen LogP contribution >= 0.6 is 0 Å². The van der Waals surface area contributed by atoms with E-state index < -0.39 is 6.04 Å². The number of aromatic amines is 1. The van der Waals surface area contributed by atoms with Gasteiger partial charge in [-0.25, -0.2) is 4.68 Å². The number of aromatic nitrogens is 5. The highest BCUT2D eigenvalue weighted by atomic mass is 16.6. The molecule has 0 amide bonds. The molecule has 1 aliphatic heterocycles. The summed E-state index contributed by atoms with van der Waals surface area (Å²) in [5.41, 5.74) is 2.15. The number of H-pyrrole nitrogens is 1. The molecule has 40 heavy (non-hydrogen) atoms. The van der Waals surface area contributed by atoms with Crippen LogP contribution in [0.15, 0.2) is 53.3 Å². The molecule has 1 N–H and O–H groups in total. The van der Waals surface area contributed by atoms with Crippen LogP contribution in [0.3, 0.4) is 0 Å². The number of methoxy groups -OCH3 is 1. The fraction of sp³-hybridized carbons (Fsp3) is 0.429. The standard InChI is InChI=1S/C28H32N8O4/c1-40-23-12-7-19-17-24(28(37)29-25(19)18-23)26(27-30-31-32-35(27)21-5-3-2-4-6-21)34-15-13-33(14-16-34)20-8-10-22(11-9-20)36(38)39/h7-12,17-18,21,26H,2-6,13-16H2,1H3,(H,29,37)/t26-/m0/s1. The van der Waals surface area contributed by atoms with Gasteiger partial charge >= 0.3 is 0 Å². The molecule has 0 unspecified atom stereocenters. The van der Waals surface area contributed by atoms with E-state index in [0.717, 1.165) is 36.8 Å². The lowest BCUT2D eigenvalue weighted by Crippen LogP contribution is -2.49. The largest absolute Gasteiger partial charge is 0.497 e. The van der Waals surface area contributed by atoms with Gasteiger partial charge in [0.05, 0.1) is 23.6 Å². The van der Waals surface area contributed by atoms with Crippen molar-refractivity contribution in [2.75, 3.05) is 38.2 Å². The Kier molecular flexibility index (Phi) is 7.16. The average Bonchev–Trinajstić information content (AvgIpc) is 3.47. The van der Waals surface area contributed by atoms with Crippen LogP contribution in [0.2, 0.25) is 0 Å². The number of rotatable bonds is 7. The molecule has 2 aliphatic rings. The summed E-state index contributed by atoms with van der Waals surface area (Å²) in [6.45, 7) is 2.72. The summed E-state index contributed by atoms with van der Waals surface area (Å²) in [6, 6.07) is 14.0. The first-order chi connectivity index (χ1) is 19.5. The molecular formula is C28H32N8O4. The second-order valence-corrected chi connectivity index (χ2v) is 10.5. The van der Waals surface area contributed by atoms with Crippen LogP contribution in [-0.4, -0.2) is 68.3 Å². The van der Waals surface area contributed by atoms with Crippen LogP contribution in [0, 0.1) is 10.1 Å². The number of fused-ring (bicyclic) bond motifs is 1. The molecule has 1 saturated carbocycles. The summed E-state index contributed by atoms with van der Waals surface area (Å²) in [4.78, 5) is 31.8. The topological polar surface area (TPSA) is 135 Å². The summed E-state index contributed by atoms with van der Waals surface area (Å²) in [7, 11) is 1.60. The van der Waals surface area contributed by atoms with Gasteiger partial charge in [0, 0.05) is 55.6 Å². The van der Waals surface area contributed by atoms with E-state index in [1.807, 2.05) is 28.9 Å². The first-order valence-corrected chi connectivity index (χ1v) is 13.7. The summed E-state index contributed by atoms with van der Waals surface area (Å²) in [6.07, 6.45) is 5.54. The zero-order valence-corrected chi connectivity index (χ0v) is 22.4. The van der Waals surface area contributed by atoms with Gasteiger partial charge in [0.2, 0.25) is 0 Å². The molecule has 0 radical (unpaired) electrons. The number of benzene rings is 2. The lowest BCUT2D eigenvalue weighted by Gasteiger charge is -2.40.